The van der Waals surface area contributed by atoms with Crippen LogP contribution in [0, 0.1) is 0 Å². The highest BCUT2D eigenvalue weighted by molar-refractivity contribution is 7.92. The number of sulfonamides is 1. The summed E-state index contributed by atoms with van der Waals surface area (Å²) in [5.74, 6) is -0.363. The van der Waals surface area contributed by atoms with E-state index < -0.39 is 10.0 Å². The van der Waals surface area contributed by atoms with E-state index in [1.54, 1.807) is 29.2 Å². The van der Waals surface area contributed by atoms with Crippen molar-refractivity contribution in [3.05, 3.63) is 71.1 Å². The molecule has 0 spiro atoms. The number of carbonyl (C=O) groups excluding carboxylic acids is 1. The third kappa shape index (κ3) is 4.12. The lowest BCUT2D eigenvalue weighted by molar-refractivity contribution is 0.0695. The van der Waals surface area contributed by atoms with Crippen molar-refractivity contribution in [2.75, 3.05) is 26.2 Å². The van der Waals surface area contributed by atoms with Gasteiger partial charge in [0.25, 0.3) is 5.91 Å². The maximum absolute atomic E-state index is 12.5. The molecule has 3 rings (SSSR count). The summed E-state index contributed by atoms with van der Waals surface area (Å²) >= 11 is 0. The van der Waals surface area contributed by atoms with Gasteiger partial charge in [0.05, 0.1) is 5.56 Å². The zero-order valence-corrected chi connectivity index (χ0v) is 15.0. The number of benzene rings is 2. The number of rotatable bonds is 4. The topological polar surface area (TPSA) is 77.9 Å². The van der Waals surface area contributed by atoms with Crippen LogP contribution < -0.4 is 0 Å². The van der Waals surface area contributed by atoms with Crippen LogP contribution in [-0.4, -0.2) is 54.8 Å². The summed E-state index contributed by atoms with van der Waals surface area (Å²) in [4.78, 5) is 14.0. The first-order valence-corrected chi connectivity index (χ1v) is 9.78. The van der Waals surface area contributed by atoms with Crippen molar-refractivity contribution in [3.63, 3.8) is 0 Å². The minimum Gasteiger partial charge on any atom is -0.507 e. The van der Waals surface area contributed by atoms with Gasteiger partial charge in [-0.25, -0.2) is 8.42 Å². The molecule has 0 unspecified atom stereocenters. The Morgan fingerprint density at radius 2 is 1.54 bits per heavy atom. The molecule has 7 heteroatoms. The van der Waals surface area contributed by atoms with Gasteiger partial charge in [0.2, 0.25) is 10.0 Å². The average Bonchev–Trinajstić information content (AvgIpc) is 2.67. The molecular weight excluding hydrogens is 352 g/mol. The molecule has 1 amide bonds. The van der Waals surface area contributed by atoms with Gasteiger partial charge in [-0.3, -0.25) is 4.79 Å². The number of phenolic OH excluding ortho intramolecular Hbond substituents is 1. The number of para-hydroxylation sites is 1. The van der Waals surface area contributed by atoms with Crippen LogP contribution in [0.15, 0.2) is 60.0 Å². The number of phenols is 1. The van der Waals surface area contributed by atoms with Gasteiger partial charge in [-0.1, -0.05) is 42.5 Å². The van der Waals surface area contributed by atoms with Crippen molar-refractivity contribution < 1.29 is 18.3 Å². The smallest absolute Gasteiger partial charge is 0.257 e. The molecule has 0 aromatic heterocycles. The van der Waals surface area contributed by atoms with E-state index in [2.05, 4.69) is 0 Å². The van der Waals surface area contributed by atoms with Crippen LogP contribution in [-0.2, 0) is 10.0 Å². The normalized spacial score (nSPS) is 16.1. The maximum Gasteiger partial charge on any atom is 0.257 e. The van der Waals surface area contributed by atoms with Crippen LogP contribution in [0.1, 0.15) is 15.9 Å². The van der Waals surface area contributed by atoms with Gasteiger partial charge in [0.1, 0.15) is 5.75 Å². The van der Waals surface area contributed by atoms with Crippen molar-refractivity contribution in [1.82, 2.24) is 9.21 Å². The molecule has 0 atom stereocenters. The van der Waals surface area contributed by atoms with Crippen molar-refractivity contribution in [3.8, 4) is 5.75 Å². The summed E-state index contributed by atoms with van der Waals surface area (Å²) in [5.41, 5.74) is 1.04. The Morgan fingerprint density at radius 3 is 2.19 bits per heavy atom. The van der Waals surface area contributed by atoms with Gasteiger partial charge in [-0.05, 0) is 23.8 Å². The van der Waals surface area contributed by atoms with Gasteiger partial charge in [0.15, 0.2) is 0 Å². The number of aromatic hydroxyl groups is 1. The van der Waals surface area contributed by atoms with Crippen LogP contribution in [0.2, 0.25) is 0 Å². The Bertz CT molecular complexity index is 902. The molecule has 1 saturated heterocycles. The van der Waals surface area contributed by atoms with E-state index in [-0.39, 0.29) is 43.4 Å². The molecule has 6 nitrogen and oxygen atoms in total. The summed E-state index contributed by atoms with van der Waals surface area (Å²) in [7, 11) is -3.54. The largest absolute Gasteiger partial charge is 0.507 e. The highest BCUT2D eigenvalue weighted by atomic mass is 32.2. The fraction of sp³-hybridized carbons (Fsp3) is 0.211. The lowest BCUT2D eigenvalue weighted by atomic mass is 10.1. The first kappa shape index (κ1) is 18.2. The molecule has 1 aliphatic rings. The monoisotopic (exact) mass is 372 g/mol. The summed E-state index contributed by atoms with van der Waals surface area (Å²) in [6, 6.07) is 15.6. The second kappa shape index (κ2) is 7.72. The van der Waals surface area contributed by atoms with Crippen LogP contribution in [0.5, 0.6) is 5.75 Å². The molecule has 1 heterocycles. The Kier molecular flexibility index (Phi) is 5.39. The lowest BCUT2D eigenvalue weighted by Gasteiger charge is -2.33. The molecule has 0 aliphatic carbocycles. The van der Waals surface area contributed by atoms with E-state index in [1.807, 2.05) is 30.3 Å². The van der Waals surface area contributed by atoms with Crippen LogP contribution >= 0.6 is 0 Å². The van der Waals surface area contributed by atoms with Crippen molar-refractivity contribution in [2.45, 2.75) is 0 Å². The maximum atomic E-state index is 12.5. The van der Waals surface area contributed by atoms with Crippen molar-refractivity contribution in [2.24, 2.45) is 0 Å². The highest BCUT2D eigenvalue weighted by Crippen LogP contribution is 2.19. The molecule has 2 aromatic rings. The van der Waals surface area contributed by atoms with Gasteiger partial charge in [-0.15, -0.1) is 0 Å². The van der Waals surface area contributed by atoms with Crippen LogP contribution in [0.3, 0.4) is 0 Å². The van der Waals surface area contributed by atoms with Gasteiger partial charge in [0, 0.05) is 31.6 Å². The van der Waals surface area contributed by atoms with E-state index in [0.29, 0.717) is 0 Å². The quantitative estimate of drug-likeness (QED) is 0.892. The standard InChI is InChI=1S/C19H20N2O4S/c22-18-9-5-4-8-17(18)19(23)20-11-13-21(14-12-20)26(24,25)15-10-16-6-2-1-3-7-16/h1-10,15,22H,11-14H2/b15-10+. The average molecular weight is 372 g/mol. The fourth-order valence-electron chi connectivity index (χ4n) is 2.79. The molecule has 136 valence electrons. The molecule has 0 radical (unpaired) electrons. The molecule has 1 fully saturated rings. The zero-order chi connectivity index (χ0) is 18.6. The highest BCUT2D eigenvalue weighted by Gasteiger charge is 2.28. The van der Waals surface area contributed by atoms with Crippen LogP contribution in [0.4, 0.5) is 0 Å². The Balaban J connectivity index is 1.63. The molecule has 2 aromatic carbocycles. The third-order valence-corrected chi connectivity index (χ3v) is 5.82. The summed E-state index contributed by atoms with van der Waals surface area (Å²) in [6.45, 7) is 1.01. The van der Waals surface area contributed by atoms with Gasteiger partial charge in [-0.2, -0.15) is 4.31 Å². The molecule has 1 aliphatic heterocycles. The van der Waals surface area contributed by atoms with Crippen molar-refractivity contribution >= 4 is 22.0 Å². The van der Waals surface area contributed by atoms with Crippen LogP contribution in [0.25, 0.3) is 6.08 Å². The van der Waals surface area contributed by atoms with E-state index in [1.165, 1.54) is 15.8 Å². The van der Waals surface area contributed by atoms with Gasteiger partial charge < -0.3 is 10.0 Å². The number of nitrogens with zero attached hydrogens (tertiary/aromatic N) is 2. The third-order valence-electron chi connectivity index (χ3n) is 4.25. The fourth-order valence-corrected chi connectivity index (χ4v) is 3.96. The molecule has 26 heavy (non-hydrogen) atoms. The zero-order valence-electron chi connectivity index (χ0n) is 14.2. The first-order valence-electron chi connectivity index (χ1n) is 8.28. The molecular formula is C19H20N2O4S. The summed E-state index contributed by atoms with van der Waals surface area (Å²) in [6.07, 6.45) is 1.56. The number of hydrogen-bond donors (Lipinski definition) is 1. The van der Waals surface area contributed by atoms with E-state index in [9.17, 15) is 18.3 Å². The van der Waals surface area contributed by atoms with E-state index in [0.717, 1.165) is 5.56 Å². The minimum absolute atomic E-state index is 0.0710. The second-order valence-electron chi connectivity index (χ2n) is 5.97. The summed E-state index contributed by atoms with van der Waals surface area (Å²) < 4.78 is 26.3. The predicted octanol–water partition coefficient (Wildman–Crippen LogP) is 2.15. The number of piperazine rings is 1. The minimum atomic E-state index is -3.54. The Morgan fingerprint density at radius 1 is 0.923 bits per heavy atom. The molecule has 0 bridgehead atoms. The predicted molar refractivity (Wildman–Crippen MR) is 100.0 cm³/mol. The SMILES string of the molecule is O=C(c1ccccc1O)N1CCN(S(=O)(=O)/C=C/c2ccccc2)CC1. The number of amides is 1. The number of hydrogen-bond acceptors (Lipinski definition) is 4. The Labute approximate surface area is 153 Å². The first-order chi connectivity index (χ1) is 12.5. The number of carbonyl (C=O) groups is 1. The second-order valence-corrected chi connectivity index (χ2v) is 7.79. The van der Waals surface area contributed by atoms with E-state index >= 15 is 0 Å². The van der Waals surface area contributed by atoms with Gasteiger partial charge >= 0.3 is 0 Å². The summed E-state index contributed by atoms with van der Waals surface area (Å²) in [5, 5.41) is 11.0. The van der Waals surface area contributed by atoms with Crippen molar-refractivity contribution in [1.29, 1.82) is 0 Å². The van der Waals surface area contributed by atoms with E-state index in [4.69, 9.17) is 0 Å². The molecule has 1 N–H and O–H groups in total. The lowest BCUT2D eigenvalue weighted by Crippen LogP contribution is -2.50. The molecule has 0 saturated carbocycles. The Hall–Kier alpha value is -2.64.